The van der Waals surface area contributed by atoms with Crippen LogP contribution in [0.5, 0.6) is 0 Å². The first-order valence-electron chi connectivity index (χ1n) is 14.4. The molecule has 2 aromatic heterocycles. The molecule has 1 aliphatic carbocycles. The minimum atomic E-state index is -2.42. The van der Waals surface area contributed by atoms with E-state index in [0.717, 1.165) is 52.3 Å². The molecule has 1 amide bonds. The lowest BCUT2D eigenvalue weighted by Crippen LogP contribution is -2.42. The van der Waals surface area contributed by atoms with Crippen LogP contribution in [0.15, 0.2) is 47.0 Å². The molecule has 9 heteroatoms. The van der Waals surface area contributed by atoms with E-state index in [2.05, 4.69) is 15.8 Å². The summed E-state index contributed by atoms with van der Waals surface area (Å²) in [7, 11) is -2.42. The lowest BCUT2D eigenvalue weighted by Gasteiger charge is -2.37. The first-order valence-corrected chi connectivity index (χ1v) is 13.3. The molecule has 2 aliphatic rings. The van der Waals surface area contributed by atoms with Gasteiger partial charge >= 0.3 is 6.09 Å². The van der Waals surface area contributed by atoms with Crippen LogP contribution in [-0.4, -0.2) is 40.5 Å². The zero-order chi connectivity index (χ0) is 28.9. The number of benzene rings is 2. The van der Waals surface area contributed by atoms with E-state index in [-0.39, 0.29) is 24.8 Å². The second-order valence-corrected chi connectivity index (χ2v) is 10.5. The second-order valence-electron chi connectivity index (χ2n) is 10.1. The molecule has 1 saturated carbocycles. The van der Waals surface area contributed by atoms with Crippen LogP contribution in [0, 0.1) is 13.8 Å². The fourth-order valence-electron chi connectivity index (χ4n) is 5.92. The minimum absolute atomic E-state index is 0.0568. The number of hydrogen-bond donors (Lipinski definition) is 0. The highest BCUT2D eigenvalue weighted by Gasteiger charge is 2.37. The third-order valence-corrected chi connectivity index (χ3v) is 7.99. The molecular weight excluding hydrogens is 504 g/mol. The Morgan fingerprint density at radius 2 is 1.87 bits per heavy atom. The summed E-state index contributed by atoms with van der Waals surface area (Å²) < 4.78 is 41.0. The highest BCUT2D eigenvalue weighted by atomic mass is 35.5. The van der Waals surface area contributed by atoms with Crippen LogP contribution in [0.3, 0.4) is 0 Å². The Labute approximate surface area is 230 Å². The van der Waals surface area contributed by atoms with Crippen molar-refractivity contribution in [3.8, 4) is 11.1 Å². The molecule has 2 fully saturated rings. The Balaban J connectivity index is 1.45. The van der Waals surface area contributed by atoms with Crippen LogP contribution in [0.4, 0.5) is 10.5 Å². The number of aryl methyl sites for hydroxylation is 2. The number of halogens is 1. The number of hydrogen-bond acceptors (Lipinski definition) is 6. The van der Waals surface area contributed by atoms with Gasteiger partial charge in [-0.25, -0.2) is 9.78 Å². The molecule has 0 N–H and O–H groups in total. The Hall–Kier alpha value is -3.36. The van der Waals surface area contributed by atoms with Gasteiger partial charge in [0.2, 0.25) is 0 Å². The van der Waals surface area contributed by atoms with Gasteiger partial charge in [-0.15, -0.1) is 0 Å². The Bertz CT molecular complexity index is 1560. The fourth-order valence-corrected chi connectivity index (χ4v) is 6.05. The number of anilines is 1. The molecule has 4 aromatic rings. The van der Waals surface area contributed by atoms with Crippen molar-refractivity contribution in [3.63, 3.8) is 0 Å². The van der Waals surface area contributed by atoms with Crippen LogP contribution >= 0.6 is 11.6 Å². The molecule has 6 rings (SSSR count). The highest BCUT2D eigenvalue weighted by Crippen LogP contribution is 2.41. The van der Waals surface area contributed by atoms with Crippen molar-refractivity contribution < 1.29 is 22.9 Å². The monoisotopic (exact) mass is 537 g/mol. The van der Waals surface area contributed by atoms with Crippen LogP contribution in [-0.2, 0) is 9.47 Å². The topological polar surface area (TPSA) is 82.6 Å². The predicted molar refractivity (Wildman–Crippen MR) is 146 cm³/mol. The number of methoxy groups -OCH3 is 1. The van der Waals surface area contributed by atoms with Gasteiger partial charge in [-0.05, 0) is 81.5 Å². The molecule has 0 radical (unpaired) electrons. The number of cyclic esters (lactones) is 1. The summed E-state index contributed by atoms with van der Waals surface area (Å²) in [6.07, 6.45) is 2.49. The van der Waals surface area contributed by atoms with Gasteiger partial charge in [0, 0.05) is 35.8 Å². The number of amides is 1. The average Bonchev–Trinajstić information content (AvgIpc) is 3.47. The van der Waals surface area contributed by atoms with Crippen LogP contribution < -0.4 is 4.90 Å². The van der Waals surface area contributed by atoms with Gasteiger partial charge in [-0.1, -0.05) is 22.8 Å². The first kappa shape index (κ1) is 21.6. The molecule has 8 nitrogen and oxygen atoms in total. The standard InChI is InChI=1S/C29H31ClN4O4/c1-17-27(18(2)38-32-17)19-4-13-25-24(16-19)31-28(33(25)21-9-11-23(36-3)12-10-21)26-14-15-37-29(35)34(26)22-7-5-20(30)6-8-22/h4-8,13,16,21,23,26H,9-12,14-15H2,1-3H3/t21?,23?,26-/m0/s1/i3D3. The SMILES string of the molecule is [2H]C([2H])([2H])OC1CCC(n2c([C@@H]3CCOC(=O)N3c3ccc(Cl)cc3)nc3cc(-c4c(C)noc4C)ccc32)CC1. The van der Waals surface area contributed by atoms with E-state index in [1.807, 2.05) is 38.1 Å². The van der Waals surface area contributed by atoms with Gasteiger partial charge in [-0.3, -0.25) is 4.90 Å². The second kappa shape index (κ2) is 10.1. The third kappa shape index (κ3) is 4.35. The van der Waals surface area contributed by atoms with Crippen molar-refractivity contribution in [1.82, 2.24) is 14.7 Å². The summed E-state index contributed by atoms with van der Waals surface area (Å²) in [6.45, 7) is 4.08. The van der Waals surface area contributed by atoms with Crippen molar-refractivity contribution in [2.45, 2.75) is 64.1 Å². The van der Waals surface area contributed by atoms with E-state index in [1.165, 1.54) is 0 Å². The van der Waals surface area contributed by atoms with Gasteiger partial charge in [0.15, 0.2) is 0 Å². The van der Waals surface area contributed by atoms with Crippen LogP contribution in [0.1, 0.15) is 65.6 Å². The van der Waals surface area contributed by atoms with Crippen molar-refractivity contribution >= 4 is 34.4 Å². The molecule has 0 unspecified atom stereocenters. The lowest BCUT2D eigenvalue weighted by atomic mass is 9.92. The van der Waals surface area contributed by atoms with E-state index in [0.29, 0.717) is 30.0 Å². The van der Waals surface area contributed by atoms with Crippen molar-refractivity contribution in [3.05, 3.63) is 64.8 Å². The van der Waals surface area contributed by atoms with Crippen LogP contribution in [0.25, 0.3) is 22.2 Å². The quantitative estimate of drug-likeness (QED) is 0.268. The number of rotatable bonds is 5. The summed E-state index contributed by atoms with van der Waals surface area (Å²) in [4.78, 5) is 20.0. The highest BCUT2D eigenvalue weighted by molar-refractivity contribution is 6.30. The summed E-state index contributed by atoms with van der Waals surface area (Å²) in [5.74, 6) is 1.50. The lowest BCUT2D eigenvalue weighted by molar-refractivity contribution is 0.0582. The minimum Gasteiger partial charge on any atom is -0.449 e. The Kier molecular flexibility index (Phi) is 5.72. The smallest absolute Gasteiger partial charge is 0.414 e. The molecule has 1 saturated heterocycles. The summed E-state index contributed by atoms with van der Waals surface area (Å²) in [6, 6.07) is 13.0. The molecule has 0 spiro atoms. The van der Waals surface area contributed by atoms with Gasteiger partial charge in [0.1, 0.15) is 17.6 Å². The Morgan fingerprint density at radius 1 is 1.08 bits per heavy atom. The van der Waals surface area contributed by atoms with E-state index < -0.39 is 13.1 Å². The number of fused-ring (bicyclic) bond motifs is 1. The number of carbonyl (C=O) groups excluding carboxylic acids is 1. The fraction of sp³-hybridized carbons (Fsp3) is 0.414. The number of nitrogens with zero attached hydrogens (tertiary/aromatic N) is 4. The normalized spacial score (nSPS) is 23.7. The summed E-state index contributed by atoms with van der Waals surface area (Å²) in [5.41, 5.74) is 5.12. The molecule has 2 aromatic carbocycles. The number of ether oxygens (including phenoxy) is 2. The maximum atomic E-state index is 13.2. The number of imidazole rings is 1. The molecule has 198 valence electrons. The average molecular weight is 538 g/mol. The maximum absolute atomic E-state index is 13.2. The first-order chi connectivity index (χ1) is 19.6. The number of aromatic nitrogens is 3. The van der Waals surface area contributed by atoms with Gasteiger partial charge in [0.25, 0.3) is 0 Å². The third-order valence-electron chi connectivity index (χ3n) is 7.74. The largest absolute Gasteiger partial charge is 0.449 e. The maximum Gasteiger partial charge on any atom is 0.414 e. The van der Waals surface area contributed by atoms with Crippen molar-refractivity contribution in [2.75, 3.05) is 18.5 Å². The Morgan fingerprint density at radius 3 is 2.58 bits per heavy atom. The molecule has 0 bridgehead atoms. The van der Waals surface area contributed by atoms with E-state index in [4.69, 9.17) is 34.7 Å². The number of carbonyl (C=O) groups is 1. The predicted octanol–water partition coefficient (Wildman–Crippen LogP) is 7.18. The van der Waals surface area contributed by atoms with Crippen molar-refractivity contribution in [2.24, 2.45) is 0 Å². The molecular formula is C29H31ClN4O4. The van der Waals surface area contributed by atoms with Crippen molar-refractivity contribution in [1.29, 1.82) is 0 Å². The van der Waals surface area contributed by atoms with E-state index >= 15 is 0 Å². The summed E-state index contributed by atoms with van der Waals surface area (Å²) in [5, 5.41) is 4.69. The molecule has 1 aliphatic heterocycles. The van der Waals surface area contributed by atoms with Gasteiger partial charge in [0.05, 0.1) is 33.6 Å². The van der Waals surface area contributed by atoms with E-state index in [9.17, 15) is 4.79 Å². The van der Waals surface area contributed by atoms with Gasteiger partial charge in [-0.2, -0.15) is 0 Å². The molecule has 1 atom stereocenters. The zero-order valence-electron chi connectivity index (χ0n) is 24.3. The molecule has 38 heavy (non-hydrogen) atoms. The van der Waals surface area contributed by atoms with E-state index in [1.54, 1.807) is 17.0 Å². The van der Waals surface area contributed by atoms with Gasteiger partial charge < -0.3 is 18.6 Å². The van der Waals surface area contributed by atoms with Crippen LogP contribution in [0.2, 0.25) is 5.02 Å². The summed E-state index contributed by atoms with van der Waals surface area (Å²) >= 11 is 6.14. The molecule has 3 heterocycles. The zero-order valence-corrected chi connectivity index (χ0v) is 22.1.